The van der Waals surface area contributed by atoms with Gasteiger partial charge in [0, 0.05) is 6.54 Å². The quantitative estimate of drug-likeness (QED) is 0.576. The zero-order valence-electron chi connectivity index (χ0n) is 11.3. The molecule has 0 bridgehead atoms. The molecule has 0 saturated carbocycles. The van der Waals surface area contributed by atoms with E-state index in [1.54, 1.807) is 0 Å². The van der Waals surface area contributed by atoms with Crippen LogP contribution in [0.15, 0.2) is 0 Å². The van der Waals surface area contributed by atoms with Crippen LogP contribution in [0.25, 0.3) is 0 Å². The van der Waals surface area contributed by atoms with Crippen LogP contribution in [0.4, 0.5) is 0 Å². The molecule has 0 spiro atoms. The molecule has 1 saturated heterocycles. The van der Waals surface area contributed by atoms with Crippen molar-refractivity contribution < 1.29 is 4.79 Å². The lowest BCUT2D eigenvalue weighted by Gasteiger charge is -2.26. The first-order valence-electron chi connectivity index (χ1n) is 7.35. The molecular weight excluding hydrogens is 212 g/mol. The fraction of sp³-hybridized carbons (Fsp3) is 0.929. The molecule has 3 nitrogen and oxygen atoms in total. The molecule has 0 aliphatic carbocycles. The number of carbonyl (C=O) groups excluding carboxylic acids is 1. The minimum Gasteiger partial charge on any atom is -0.355 e. The van der Waals surface area contributed by atoms with Gasteiger partial charge in [0.2, 0.25) is 5.91 Å². The van der Waals surface area contributed by atoms with Gasteiger partial charge in [-0.25, -0.2) is 0 Å². The van der Waals surface area contributed by atoms with Crippen LogP contribution >= 0.6 is 0 Å². The zero-order valence-corrected chi connectivity index (χ0v) is 11.3. The molecule has 17 heavy (non-hydrogen) atoms. The minimum absolute atomic E-state index is 0.101. The van der Waals surface area contributed by atoms with Crippen molar-refractivity contribution in [2.24, 2.45) is 0 Å². The predicted molar refractivity (Wildman–Crippen MR) is 72.0 cm³/mol. The average Bonchev–Trinajstić information content (AvgIpc) is 2.24. The largest absolute Gasteiger partial charge is 0.355 e. The maximum absolute atomic E-state index is 11.5. The third-order valence-electron chi connectivity index (χ3n) is 3.47. The molecule has 100 valence electrons. The second-order valence-corrected chi connectivity index (χ2v) is 5.06. The van der Waals surface area contributed by atoms with Crippen molar-refractivity contribution in [1.29, 1.82) is 0 Å². The lowest BCUT2D eigenvalue weighted by Crippen LogP contribution is -2.53. The van der Waals surface area contributed by atoms with Crippen molar-refractivity contribution in [2.75, 3.05) is 13.1 Å². The number of rotatable bonds is 10. The molecule has 0 aromatic rings. The van der Waals surface area contributed by atoms with Crippen molar-refractivity contribution in [3.05, 3.63) is 0 Å². The van der Waals surface area contributed by atoms with E-state index in [0.29, 0.717) is 0 Å². The predicted octanol–water partition coefficient (Wildman–Crippen LogP) is 2.61. The second-order valence-electron chi connectivity index (χ2n) is 5.06. The van der Waals surface area contributed by atoms with E-state index in [-0.39, 0.29) is 11.9 Å². The summed E-state index contributed by atoms with van der Waals surface area (Å²) in [6.45, 7) is 4.10. The Bertz CT molecular complexity index is 202. The Morgan fingerprint density at radius 3 is 2.24 bits per heavy atom. The van der Waals surface area contributed by atoms with Gasteiger partial charge >= 0.3 is 0 Å². The van der Waals surface area contributed by atoms with Crippen LogP contribution in [-0.4, -0.2) is 25.0 Å². The summed E-state index contributed by atoms with van der Waals surface area (Å²) in [5.74, 6) is 0.194. The van der Waals surface area contributed by atoms with E-state index in [9.17, 15) is 4.79 Å². The van der Waals surface area contributed by atoms with Gasteiger partial charge in [-0.1, -0.05) is 51.9 Å². The maximum atomic E-state index is 11.5. The highest BCUT2D eigenvalue weighted by atomic mass is 16.2. The number of hydrogen-bond acceptors (Lipinski definition) is 2. The third-order valence-corrected chi connectivity index (χ3v) is 3.47. The summed E-state index contributed by atoms with van der Waals surface area (Å²) in [6.07, 6.45) is 11.5. The van der Waals surface area contributed by atoms with Gasteiger partial charge in [-0.05, 0) is 19.4 Å². The first-order valence-corrected chi connectivity index (χ1v) is 7.35. The molecule has 1 heterocycles. The Hall–Kier alpha value is -0.570. The smallest absolute Gasteiger partial charge is 0.237 e. The Labute approximate surface area is 106 Å². The van der Waals surface area contributed by atoms with Crippen LogP contribution in [0.2, 0.25) is 0 Å². The zero-order chi connectivity index (χ0) is 12.3. The van der Waals surface area contributed by atoms with E-state index in [0.717, 1.165) is 25.9 Å². The van der Waals surface area contributed by atoms with Gasteiger partial charge in [-0.3, -0.25) is 4.79 Å². The van der Waals surface area contributed by atoms with E-state index >= 15 is 0 Å². The van der Waals surface area contributed by atoms with Gasteiger partial charge in [-0.15, -0.1) is 0 Å². The molecule has 1 aliphatic heterocycles. The van der Waals surface area contributed by atoms with Crippen molar-refractivity contribution in [2.45, 2.75) is 70.8 Å². The second kappa shape index (κ2) is 9.46. The van der Waals surface area contributed by atoms with Gasteiger partial charge in [-0.2, -0.15) is 0 Å². The van der Waals surface area contributed by atoms with Gasteiger partial charge in [0.05, 0.1) is 6.04 Å². The summed E-state index contributed by atoms with van der Waals surface area (Å²) < 4.78 is 0. The third kappa shape index (κ3) is 6.67. The summed E-state index contributed by atoms with van der Waals surface area (Å²) in [4.78, 5) is 11.5. The van der Waals surface area contributed by atoms with Gasteiger partial charge < -0.3 is 10.6 Å². The Morgan fingerprint density at radius 2 is 1.71 bits per heavy atom. The molecule has 1 amide bonds. The SMILES string of the molecule is CCCCCCCCCCNC(=O)[C@@H]1CCN1. The monoisotopic (exact) mass is 240 g/mol. The lowest BCUT2D eigenvalue weighted by molar-refractivity contribution is -0.124. The summed E-state index contributed by atoms with van der Waals surface area (Å²) in [5.41, 5.74) is 0. The molecule has 2 N–H and O–H groups in total. The normalized spacial score (nSPS) is 18.8. The highest BCUT2D eigenvalue weighted by Gasteiger charge is 2.23. The molecule has 0 radical (unpaired) electrons. The van der Waals surface area contributed by atoms with E-state index < -0.39 is 0 Å². The van der Waals surface area contributed by atoms with E-state index in [2.05, 4.69) is 17.6 Å². The molecular formula is C14H28N2O. The van der Waals surface area contributed by atoms with Gasteiger partial charge in [0.15, 0.2) is 0 Å². The topological polar surface area (TPSA) is 41.1 Å². The number of nitrogens with one attached hydrogen (secondary N) is 2. The van der Waals surface area contributed by atoms with Crippen molar-refractivity contribution >= 4 is 5.91 Å². The Balaban J connectivity index is 1.76. The van der Waals surface area contributed by atoms with Crippen LogP contribution < -0.4 is 10.6 Å². The molecule has 1 fully saturated rings. The minimum atomic E-state index is 0.101. The standard InChI is InChI=1S/C14H28N2O/c1-2-3-4-5-6-7-8-9-11-16-14(17)13-10-12-15-13/h13,15H,2-12H2,1H3,(H,16,17)/t13-/m0/s1. The van der Waals surface area contributed by atoms with Crippen LogP contribution in [-0.2, 0) is 4.79 Å². The first kappa shape index (κ1) is 14.5. The van der Waals surface area contributed by atoms with E-state index in [1.807, 2.05) is 0 Å². The first-order chi connectivity index (χ1) is 8.34. The van der Waals surface area contributed by atoms with Gasteiger partial charge in [0.1, 0.15) is 0 Å². The van der Waals surface area contributed by atoms with Crippen molar-refractivity contribution in [1.82, 2.24) is 10.6 Å². The maximum Gasteiger partial charge on any atom is 0.237 e. The average molecular weight is 240 g/mol. The lowest BCUT2D eigenvalue weighted by atomic mass is 10.1. The Kier molecular flexibility index (Phi) is 8.06. The van der Waals surface area contributed by atoms with Crippen molar-refractivity contribution in [3.63, 3.8) is 0 Å². The highest BCUT2D eigenvalue weighted by Crippen LogP contribution is 2.08. The molecule has 0 aromatic carbocycles. The van der Waals surface area contributed by atoms with E-state index in [1.165, 1.54) is 44.9 Å². The summed E-state index contributed by atoms with van der Waals surface area (Å²) in [6, 6.07) is 0.101. The molecule has 0 unspecified atom stereocenters. The molecule has 1 aliphatic rings. The van der Waals surface area contributed by atoms with Crippen LogP contribution in [0.3, 0.4) is 0 Å². The van der Waals surface area contributed by atoms with Crippen molar-refractivity contribution in [3.8, 4) is 0 Å². The fourth-order valence-electron chi connectivity index (χ4n) is 2.11. The number of hydrogen-bond donors (Lipinski definition) is 2. The summed E-state index contributed by atoms with van der Waals surface area (Å²) in [7, 11) is 0. The molecule has 0 aromatic heterocycles. The Morgan fingerprint density at radius 1 is 1.12 bits per heavy atom. The van der Waals surface area contributed by atoms with Crippen LogP contribution in [0.5, 0.6) is 0 Å². The van der Waals surface area contributed by atoms with E-state index in [4.69, 9.17) is 0 Å². The molecule has 3 heteroatoms. The van der Waals surface area contributed by atoms with Gasteiger partial charge in [0.25, 0.3) is 0 Å². The highest BCUT2D eigenvalue weighted by molar-refractivity contribution is 5.82. The van der Waals surface area contributed by atoms with Crippen LogP contribution in [0.1, 0.15) is 64.7 Å². The number of carbonyl (C=O) groups is 1. The molecule has 1 rings (SSSR count). The summed E-state index contributed by atoms with van der Waals surface area (Å²) in [5, 5.41) is 6.11. The number of unbranched alkanes of at least 4 members (excludes halogenated alkanes) is 7. The molecule has 1 atom stereocenters. The van der Waals surface area contributed by atoms with Crippen LogP contribution in [0, 0.1) is 0 Å². The number of amides is 1. The fourth-order valence-corrected chi connectivity index (χ4v) is 2.11. The summed E-state index contributed by atoms with van der Waals surface area (Å²) >= 11 is 0.